The first-order valence-corrected chi connectivity index (χ1v) is 9.79. The summed E-state index contributed by atoms with van der Waals surface area (Å²) in [6, 6.07) is 24.4. The van der Waals surface area contributed by atoms with Gasteiger partial charge in [-0.2, -0.15) is 5.10 Å². The van der Waals surface area contributed by atoms with Crippen LogP contribution in [0.2, 0.25) is 5.02 Å². The minimum absolute atomic E-state index is 0.0906. The van der Waals surface area contributed by atoms with Crippen molar-refractivity contribution in [3.05, 3.63) is 107 Å². The van der Waals surface area contributed by atoms with Gasteiger partial charge in [0.25, 0.3) is 0 Å². The van der Waals surface area contributed by atoms with Crippen molar-refractivity contribution in [1.82, 2.24) is 9.78 Å². The van der Waals surface area contributed by atoms with E-state index in [4.69, 9.17) is 21.4 Å². The first-order valence-electron chi connectivity index (χ1n) is 9.41. The average molecular weight is 415 g/mol. The van der Waals surface area contributed by atoms with Crippen LogP contribution in [0.3, 0.4) is 0 Å². The van der Waals surface area contributed by atoms with E-state index in [1.165, 1.54) is 0 Å². The van der Waals surface area contributed by atoms with Crippen LogP contribution in [0.4, 0.5) is 0 Å². The van der Waals surface area contributed by atoms with E-state index in [9.17, 15) is 4.79 Å². The summed E-state index contributed by atoms with van der Waals surface area (Å²) in [4.78, 5) is 12.6. The number of benzene rings is 3. The van der Waals surface area contributed by atoms with Crippen molar-refractivity contribution in [2.75, 3.05) is 7.11 Å². The number of allylic oxidation sites excluding steroid dienone is 1. The third kappa shape index (κ3) is 4.34. The molecule has 0 fully saturated rings. The van der Waals surface area contributed by atoms with Crippen LogP contribution in [-0.4, -0.2) is 22.7 Å². The maximum atomic E-state index is 12.6. The highest BCUT2D eigenvalue weighted by molar-refractivity contribution is 6.30. The van der Waals surface area contributed by atoms with Crippen molar-refractivity contribution in [2.24, 2.45) is 0 Å². The molecule has 4 nitrogen and oxygen atoms in total. The number of carbonyl (C=O) groups excluding carboxylic acids is 1. The molecule has 4 rings (SSSR count). The van der Waals surface area contributed by atoms with Gasteiger partial charge in [0.1, 0.15) is 5.75 Å². The molecule has 0 unspecified atom stereocenters. The van der Waals surface area contributed by atoms with Crippen LogP contribution in [0, 0.1) is 0 Å². The number of rotatable bonds is 6. The van der Waals surface area contributed by atoms with Crippen molar-refractivity contribution in [3.8, 4) is 22.7 Å². The van der Waals surface area contributed by atoms with Gasteiger partial charge in [-0.15, -0.1) is 0 Å². The molecule has 1 aromatic heterocycles. The Kier molecular flexibility index (Phi) is 5.77. The molecule has 5 heteroatoms. The van der Waals surface area contributed by atoms with Crippen molar-refractivity contribution in [2.45, 2.75) is 0 Å². The van der Waals surface area contributed by atoms with Crippen LogP contribution in [-0.2, 0) is 0 Å². The summed E-state index contributed by atoms with van der Waals surface area (Å²) in [7, 11) is 1.60. The third-order valence-electron chi connectivity index (χ3n) is 4.67. The van der Waals surface area contributed by atoms with E-state index >= 15 is 0 Å². The second-order valence-corrected chi connectivity index (χ2v) is 7.08. The zero-order valence-electron chi connectivity index (χ0n) is 16.3. The van der Waals surface area contributed by atoms with E-state index in [1.807, 2.05) is 65.5 Å². The molecule has 0 spiro atoms. The number of hydrogen-bond donors (Lipinski definition) is 0. The number of nitrogens with zero attached hydrogens (tertiary/aromatic N) is 2. The van der Waals surface area contributed by atoms with Crippen LogP contribution in [0.15, 0.2) is 91.1 Å². The molecule has 0 saturated heterocycles. The van der Waals surface area contributed by atoms with E-state index in [1.54, 1.807) is 43.5 Å². The van der Waals surface area contributed by atoms with Crippen LogP contribution >= 0.6 is 11.6 Å². The van der Waals surface area contributed by atoms with Crippen molar-refractivity contribution < 1.29 is 9.53 Å². The molecule has 0 aliphatic carbocycles. The maximum absolute atomic E-state index is 12.6. The lowest BCUT2D eigenvalue weighted by molar-refractivity contribution is 0.104. The van der Waals surface area contributed by atoms with Crippen molar-refractivity contribution in [1.29, 1.82) is 0 Å². The highest BCUT2D eigenvalue weighted by Gasteiger charge is 2.11. The standard InChI is InChI=1S/C25H19ClN2O2/c1-30-23-14-9-18(10-15-23)24(29)16-11-20-17-28(22-5-3-2-4-6-22)27-25(20)19-7-12-21(26)13-8-19/h2-17H,1H3/b16-11+. The number of ether oxygens (including phenoxy) is 1. The monoisotopic (exact) mass is 414 g/mol. The number of para-hydroxylation sites is 1. The van der Waals surface area contributed by atoms with Gasteiger partial charge < -0.3 is 4.74 Å². The first kappa shape index (κ1) is 19.7. The SMILES string of the molecule is COc1ccc(C(=O)/C=C/c2cn(-c3ccccc3)nc2-c2ccc(Cl)cc2)cc1. The van der Waals surface area contributed by atoms with Gasteiger partial charge in [0, 0.05) is 27.9 Å². The Hall–Kier alpha value is -3.63. The maximum Gasteiger partial charge on any atom is 0.185 e. The van der Waals surface area contributed by atoms with Gasteiger partial charge in [-0.1, -0.05) is 41.9 Å². The predicted octanol–water partition coefficient (Wildman–Crippen LogP) is 6.10. The van der Waals surface area contributed by atoms with Gasteiger partial charge in [0.15, 0.2) is 5.78 Å². The predicted molar refractivity (Wildman–Crippen MR) is 120 cm³/mol. The molecule has 30 heavy (non-hydrogen) atoms. The van der Waals surface area contributed by atoms with E-state index in [0.717, 1.165) is 22.5 Å². The quantitative estimate of drug-likeness (QED) is 0.283. The molecule has 0 atom stereocenters. The second-order valence-electron chi connectivity index (χ2n) is 6.65. The Morgan fingerprint density at radius 3 is 2.33 bits per heavy atom. The van der Waals surface area contributed by atoms with Crippen LogP contribution in [0.1, 0.15) is 15.9 Å². The summed E-state index contributed by atoms with van der Waals surface area (Å²) < 4.78 is 6.95. The van der Waals surface area contributed by atoms with Gasteiger partial charge in [-0.05, 0) is 60.7 Å². The molecule has 3 aromatic carbocycles. The topological polar surface area (TPSA) is 44.1 Å². The van der Waals surface area contributed by atoms with E-state index in [0.29, 0.717) is 16.3 Å². The lowest BCUT2D eigenvalue weighted by Crippen LogP contribution is -1.94. The number of aromatic nitrogens is 2. The number of methoxy groups -OCH3 is 1. The minimum atomic E-state index is -0.0906. The molecule has 0 saturated carbocycles. The van der Waals surface area contributed by atoms with Crippen molar-refractivity contribution in [3.63, 3.8) is 0 Å². The largest absolute Gasteiger partial charge is 0.497 e. The molecular formula is C25H19ClN2O2. The van der Waals surface area contributed by atoms with Crippen molar-refractivity contribution >= 4 is 23.5 Å². The van der Waals surface area contributed by atoms with Gasteiger partial charge in [-0.3, -0.25) is 4.79 Å². The van der Waals surface area contributed by atoms with E-state index in [-0.39, 0.29) is 5.78 Å². The molecule has 0 radical (unpaired) electrons. The number of ketones is 1. The van der Waals surface area contributed by atoms with Crippen LogP contribution < -0.4 is 4.74 Å². The summed E-state index contributed by atoms with van der Waals surface area (Å²) in [5.74, 6) is 0.622. The van der Waals surface area contributed by atoms with E-state index in [2.05, 4.69) is 0 Å². The second kappa shape index (κ2) is 8.80. The minimum Gasteiger partial charge on any atom is -0.497 e. The van der Waals surface area contributed by atoms with E-state index < -0.39 is 0 Å². The molecule has 148 valence electrons. The normalized spacial score (nSPS) is 11.0. The zero-order valence-corrected chi connectivity index (χ0v) is 17.1. The Bertz CT molecular complexity index is 1180. The summed E-state index contributed by atoms with van der Waals surface area (Å²) in [6.45, 7) is 0. The molecular weight excluding hydrogens is 396 g/mol. The zero-order chi connectivity index (χ0) is 20.9. The highest BCUT2D eigenvalue weighted by Crippen LogP contribution is 2.26. The third-order valence-corrected chi connectivity index (χ3v) is 4.92. The highest BCUT2D eigenvalue weighted by atomic mass is 35.5. The van der Waals surface area contributed by atoms with Crippen LogP contribution in [0.25, 0.3) is 23.0 Å². The Labute approximate surface area is 180 Å². The van der Waals surface area contributed by atoms with Gasteiger partial charge in [0.2, 0.25) is 0 Å². The van der Waals surface area contributed by atoms with Gasteiger partial charge in [0.05, 0.1) is 18.5 Å². The summed E-state index contributed by atoms with van der Waals surface area (Å²) in [5, 5.41) is 5.41. The van der Waals surface area contributed by atoms with Gasteiger partial charge in [-0.25, -0.2) is 4.68 Å². The number of hydrogen-bond acceptors (Lipinski definition) is 3. The summed E-state index contributed by atoms with van der Waals surface area (Å²) in [6.07, 6.45) is 5.27. The Balaban J connectivity index is 1.69. The lowest BCUT2D eigenvalue weighted by atomic mass is 10.1. The van der Waals surface area contributed by atoms with Crippen LogP contribution in [0.5, 0.6) is 5.75 Å². The summed E-state index contributed by atoms with van der Waals surface area (Å²) in [5.41, 5.74) is 4.06. The fourth-order valence-corrected chi connectivity index (χ4v) is 3.20. The molecule has 0 aliphatic heterocycles. The molecule has 0 amide bonds. The fourth-order valence-electron chi connectivity index (χ4n) is 3.07. The fraction of sp³-hybridized carbons (Fsp3) is 0.0400. The Morgan fingerprint density at radius 1 is 0.967 bits per heavy atom. The number of halogens is 1. The molecule has 4 aromatic rings. The average Bonchev–Trinajstić information content (AvgIpc) is 3.23. The number of carbonyl (C=O) groups is 1. The lowest BCUT2D eigenvalue weighted by Gasteiger charge is -2.01. The van der Waals surface area contributed by atoms with Gasteiger partial charge >= 0.3 is 0 Å². The molecule has 0 bridgehead atoms. The summed E-state index contributed by atoms with van der Waals surface area (Å²) >= 11 is 6.04. The smallest absolute Gasteiger partial charge is 0.185 e. The Morgan fingerprint density at radius 2 is 1.67 bits per heavy atom. The molecule has 0 N–H and O–H groups in total. The molecule has 1 heterocycles. The first-order chi connectivity index (χ1) is 14.6. The molecule has 0 aliphatic rings.